The largest absolute Gasteiger partial charge is 0.329 e. The maximum absolute atomic E-state index is 6.01. The van der Waals surface area contributed by atoms with Crippen LogP contribution in [0.2, 0.25) is 0 Å². The molecule has 3 saturated carbocycles. The van der Waals surface area contributed by atoms with Crippen LogP contribution in [-0.2, 0) is 0 Å². The van der Waals surface area contributed by atoms with Crippen LogP contribution in [0.15, 0.2) is 0 Å². The van der Waals surface area contributed by atoms with Crippen molar-refractivity contribution in [3.8, 4) is 0 Å². The van der Waals surface area contributed by atoms with E-state index in [9.17, 15) is 0 Å². The van der Waals surface area contributed by atoms with Gasteiger partial charge in [0.2, 0.25) is 0 Å². The number of hydrogen-bond donors (Lipinski definition) is 1. The summed E-state index contributed by atoms with van der Waals surface area (Å²) in [6.45, 7) is 0.927. The van der Waals surface area contributed by atoms with E-state index in [1.807, 2.05) is 0 Å². The fraction of sp³-hybridized carbons (Fsp3) is 1.00. The fourth-order valence-corrected chi connectivity index (χ4v) is 5.81. The van der Waals surface area contributed by atoms with Gasteiger partial charge >= 0.3 is 0 Å². The van der Waals surface area contributed by atoms with Crippen LogP contribution in [0.1, 0.15) is 57.8 Å². The number of thioether (sulfide) groups is 1. The summed E-state index contributed by atoms with van der Waals surface area (Å²) < 4.78 is 0.512. The van der Waals surface area contributed by atoms with Gasteiger partial charge in [0.25, 0.3) is 0 Å². The Labute approximate surface area is 97.6 Å². The molecule has 0 unspecified atom stereocenters. The Morgan fingerprint density at radius 1 is 1.07 bits per heavy atom. The highest BCUT2D eigenvalue weighted by atomic mass is 32.2. The molecule has 0 heterocycles. The zero-order valence-electron chi connectivity index (χ0n) is 9.63. The molecular weight excluding hydrogens is 202 g/mol. The maximum atomic E-state index is 6.01. The first-order valence-electron chi connectivity index (χ1n) is 6.64. The van der Waals surface area contributed by atoms with Gasteiger partial charge in [0.05, 0.1) is 0 Å². The van der Waals surface area contributed by atoms with Crippen molar-refractivity contribution >= 4 is 11.8 Å². The van der Waals surface area contributed by atoms with Gasteiger partial charge in [-0.1, -0.05) is 19.3 Å². The minimum absolute atomic E-state index is 0.512. The zero-order chi connectivity index (χ0) is 10.4. The monoisotopic (exact) mass is 225 g/mol. The predicted molar refractivity (Wildman–Crippen MR) is 67.2 cm³/mol. The normalized spacial score (nSPS) is 32.6. The molecule has 86 valence electrons. The first-order chi connectivity index (χ1) is 7.26. The SMILES string of the molecule is NCC1(SC2CCCCC2)CC2(CC2)C1. The molecule has 3 aliphatic rings. The molecule has 0 saturated heterocycles. The van der Waals surface area contributed by atoms with E-state index in [2.05, 4.69) is 11.8 Å². The highest BCUT2D eigenvalue weighted by molar-refractivity contribution is 8.01. The van der Waals surface area contributed by atoms with Crippen molar-refractivity contribution in [2.75, 3.05) is 6.54 Å². The molecule has 0 aromatic heterocycles. The Balaban J connectivity index is 1.55. The summed E-state index contributed by atoms with van der Waals surface area (Å²) in [5, 5.41) is 0.943. The topological polar surface area (TPSA) is 26.0 Å². The number of rotatable bonds is 3. The van der Waals surface area contributed by atoms with Crippen molar-refractivity contribution in [2.24, 2.45) is 11.1 Å². The lowest BCUT2D eigenvalue weighted by molar-refractivity contribution is 0.209. The third-order valence-corrected chi connectivity index (χ3v) is 6.45. The van der Waals surface area contributed by atoms with Gasteiger partial charge in [0, 0.05) is 16.5 Å². The average molecular weight is 225 g/mol. The Morgan fingerprint density at radius 2 is 1.73 bits per heavy atom. The van der Waals surface area contributed by atoms with Crippen LogP contribution in [0.4, 0.5) is 0 Å². The van der Waals surface area contributed by atoms with Crippen molar-refractivity contribution in [3.63, 3.8) is 0 Å². The fourth-order valence-electron chi connectivity index (χ4n) is 3.66. The summed E-state index contributed by atoms with van der Waals surface area (Å²) in [7, 11) is 0. The summed E-state index contributed by atoms with van der Waals surface area (Å²) in [6.07, 6.45) is 13.2. The molecule has 0 aromatic rings. The first kappa shape index (κ1) is 10.5. The molecule has 0 amide bonds. The van der Waals surface area contributed by atoms with Gasteiger partial charge in [-0.15, -0.1) is 0 Å². The van der Waals surface area contributed by atoms with Crippen molar-refractivity contribution in [1.29, 1.82) is 0 Å². The minimum Gasteiger partial charge on any atom is -0.329 e. The zero-order valence-corrected chi connectivity index (χ0v) is 10.5. The van der Waals surface area contributed by atoms with E-state index in [1.54, 1.807) is 0 Å². The lowest BCUT2D eigenvalue weighted by Crippen LogP contribution is -2.49. The highest BCUT2D eigenvalue weighted by Gasteiger charge is 2.60. The molecule has 3 aliphatic carbocycles. The standard InChI is InChI=1S/C13H23NS/c14-10-13(8-12(9-13)6-7-12)15-11-4-2-1-3-5-11/h11H,1-10,14H2. The average Bonchev–Trinajstić information content (AvgIpc) is 2.98. The Kier molecular flexibility index (Phi) is 2.55. The van der Waals surface area contributed by atoms with Crippen LogP contribution in [0.3, 0.4) is 0 Å². The molecule has 0 radical (unpaired) electrons. The summed E-state index contributed by atoms with van der Waals surface area (Å²) in [5.41, 5.74) is 6.82. The molecule has 0 atom stereocenters. The van der Waals surface area contributed by atoms with Gasteiger partial charge < -0.3 is 5.73 Å². The van der Waals surface area contributed by atoms with E-state index in [4.69, 9.17) is 5.73 Å². The van der Waals surface area contributed by atoms with Gasteiger partial charge in [-0.3, -0.25) is 0 Å². The second-order valence-corrected chi connectivity index (χ2v) is 7.89. The van der Waals surface area contributed by atoms with E-state index < -0.39 is 0 Å². The third-order valence-electron chi connectivity index (χ3n) is 4.69. The number of hydrogen-bond acceptors (Lipinski definition) is 2. The lowest BCUT2D eigenvalue weighted by Gasteiger charge is -2.49. The van der Waals surface area contributed by atoms with Gasteiger partial charge in [-0.05, 0) is 43.9 Å². The molecule has 0 aliphatic heterocycles. The first-order valence-corrected chi connectivity index (χ1v) is 7.52. The Bertz CT molecular complexity index is 233. The van der Waals surface area contributed by atoms with Crippen LogP contribution in [0.5, 0.6) is 0 Å². The Morgan fingerprint density at radius 3 is 2.27 bits per heavy atom. The summed E-state index contributed by atoms with van der Waals surface area (Å²) >= 11 is 2.27. The second kappa shape index (κ2) is 3.66. The van der Waals surface area contributed by atoms with Crippen molar-refractivity contribution in [3.05, 3.63) is 0 Å². The van der Waals surface area contributed by atoms with Crippen molar-refractivity contribution in [1.82, 2.24) is 0 Å². The Hall–Kier alpha value is 0.310. The molecule has 3 rings (SSSR count). The number of nitrogens with two attached hydrogens (primary N) is 1. The van der Waals surface area contributed by atoms with Crippen LogP contribution in [0, 0.1) is 5.41 Å². The molecular formula is C13H23NS. The summed E-state index contributed by atoms with van der Waals surface area (Å²) in [4.78, 5) is 0. The molecule has 3 fully saturated rings. The third kappa shape index (κ3) is 1.95. The molecule has 1 spiro atoms. The molecule has 1 nitrogen and oxygen atoms in total. The van der Waals surface area contributed by atoms with Crippen LogP contribution in [-0.4, -0.2) is 16.5 Å². The quantitative estimate of drug-likeness (QED) is 0.797. The minimum atomic E-state index is 0.512. The van der Waals surface area contributed by atoms with Crippen LogP contribution >= 0.6 is 11.8 Å². The van der Waals surface area contributed by atoms with E-state index in [0.717, 1.165) is 17.2 Å². The van der Waals surface area contributed by atoms with E-state index in [1.165, 1.54) is 57.8 Å². The van der Waals surface area contributed by atoms with Gasteiger partial charge in [-0.2, -0.15) is 11.8 Å². The lowest BCUT2D eigenvalue weighted by atomic mass is 9.71. The van der Waals surface area contributed by atoms with Crippen molar-refractivity contribution < 1.29 is 0 Å². The highest BCUT2D eigenvalue weighted by Crippen LogP contribution is 2.69. The van der Waals surface area contributed by atoms with Gasteiger partial charge in [-0.25, -0.2) is 0 Å². The van der Waals surface area contributed by atoms with Crippen LogP contribution in [0.25, 0.3) is 0 Å². The second-order valence-electron chi connectivity index (χ2n) is 6.12. The van der Waals surface area contributed by atoms with Gasteiger partial charge in [0.1, 0.15) is 0 Å². The summed E-state index contributed by atoms with van der Waals surface area (Å²) in [6, 6.07) is 0. The van der Waals surface area contributed by atoms with Gasteiger partial charge in [0.15, 0.2) is 0 Å². The molecule has 15 heavy (non-hydrogen) atoms. The predicted octanol–water partition coefficient (Wildman–Crippen LogP) is 3.32. The van der Waals surface area contributed by atoms with Crippen molar-refractivity contribution in [2.45, 2.75) is 67.8 Å². The van der Waals surface area contributed by atoms with E-state index in [0.29, 0.717) is 4.75 Å². The maximum Gasteiger partial charge on any atom is 0.0295 e. The molecule has 2 heteroatoms. The molecule has 0 bridgehead atoms. The molecule has 2 N–H and O–H groups in total. The summed E-state index contributed by atoms with van der Waals surface area (Å²) in [5.74, 6) is 0. The van der Waals surface area contributed by atoms with E-state index >= 15 is 0 Å². The molecule has 0 aromatic carbocycles. The van der Waals surface area contributed by atoms with E-state index in [-0.39, 0.29) is 0 Å². The smallest absolute Gasteiger partial charge is 0.0295 e. The van der Waals surface area contributed by atoms with Crippen LogP contribution < -0.4 is 5.73 Å².